The second-order valence-corrected chi connectivity index (χ2v) is 4.41. The Hall–Kier alpha value is -1.83. The smallest absolute Gasteiger partial charge is 0.131 e. The fourth-order valence-electron chi connectivity index (χ4n) is 1.81. The number of benzene rings is 2. The molecule has 0 atom stereocenters. The number of hydrogen-bond donors (Lipinski definition) is 1. The summed E-state index contributed by atoms with van der Waals surface area (Å²) in [4.78, 5) is 0. The Balaban J connectivity index is 2.51. The Bertz CT molecular complexity index is 532. The molecule has 88 valence electrons. The maximum atomic E-state index is 14.0. The maximum Gasteiger partial charge on any atom is 0.131 e. The molecule has 0 saturated heterocycles. The van der Waals surface area contributed by atoms with Gasteiger partial charge in [-0.2, -0.15) is 0 Å². The van der Waals surface area contributed by atoms with Gasteiger partial charge in [-0.05, 0) is 23.6 Å². The first-order valence-corrected chi connectivity index (χ1v) is 5.67. The van der Waals surface area contributed by atoms with E-state index in [1.807, 2.05) is 19.9 Å². The van der Waals surface area contributed by atoms with Gasteiger partial charge in [0.2, 0.25) is 0 Å². The number of hydrogen-bond acceptors (Lipinski definition) is 1. The van der Waals surface area contributed by atoms with Crippen molar-refractivity contribution in [3.05, 3.63) is 53.8 Å². The molecule has 0 aliphatic rings. The van der Waals surface area contributed by atoms with Gasteiger partial charge < -0.3 is 5.11 Å². The van der Waals surface area contributed by atoms with Gasteiger partial charge in [0.05, 0.1) is 0 Å². The molecule has 2 heteroatoms. The predicted molar refractivity (Wildman–Crippen MR) is 67.6 cm³/mol. The monoisotopic (exact) mass is 230 g/mol. The lowest BCUT2D eigenvalue weighted by Crippen LogP contribution is -1.91. The van der Waals surface area contributed by atoms with Crippen LogP contribution in [0.2, 0.25) is 0 Å². The largest absolute Gasteiger partial charge is 0.507 e. The lowest BCUT2D eigenvalue weighted by molar-refractivity contribution is 0.476. The zero-order chi connectivity index (χ0) is 12.4. The summed E-state index contributed by atoms with van der Waals surface area (Å²) in [7, 11) is 0. The molecule has 0 aliphatic heterocycles. The first-order chi connectivity index (χ1) is 8.09. The van der Waals surface area contributed by atoms with Crippen LogP contribution in [0.5, 0.6) is 5.75 Å². The Labute approximate surface area is 101 Å². The minimum Gasteiger partial charge on any atom is -0.507 e. The van der Waals surface area contributed by atoms with Gasteiger partial charge in [-0.25, -0.2) is 4.39 Å². The molecular weight excluding hydrogens is 215 g/mol. The summed E-state index contributed by atoms with van der Waals surface area (Å²) in [6.45, 7) is 4.04. The molecule has 0 aromatic heterocycles. The van der Waals surface area contributed by atoms with E-state index in [0.717, 1.165) is 5.56 Å². The van der Waals surface area contributed by atoms with Crippen LogP contribution >= 0.6 is 0 Å². The minimum absolute atomic E-state index is 0.101. The van der Waals surface area contributed by atoms with Crippen LogP contribution in [0.25, 0.3) is 11.1 Å². The SMILES string of the molecule is CC(C)c1ccc(-c2ccccc2O)c(F)c1. The van der Waals surface area contributed by atoms with E-state index in [4.69, 9.17) is 0 Å². The summed E-state index contributed by atoms with van der Waals surface area (Å²) >= 11 is 0. The Morgan fingerprint density at radius 1 is 1.00 bits per heavy atom. The topological polar surface area (TPSA) is 20.2 Å². The molecule has 0 spiro atoms. The number of rotatable bonds is 2. The van der Waals surface area contributed by atoms with Crippen molar-refractivity contribution in [3.63, 3.8) is 0 Å². The van der Waals surface area contributed by atoms with Gasteiger partial charge >= 0.3 is 0 Å². The van der Waals surface area contributed by atoms with Crippen molar-refractivity contribution in [2.45, 2.75) is 19.8 Å². The molecule has 2 aromatic carbocycles. The Morgan fingerprint density at radius 2 is 1.71 bits per heavy atom. The van der Waals surface area contributed by atoms with Crippen molar-refractivity contribution in [3.8, 4) is 16.9 Å². The first kappa shape index (κ1) is 11.6. The van der Waals surface area contributed by atoms with Crippen molar-refractivity contribution >= 4 is 0 Å². The summed E-state index contributed by atoms with van der Waals surface area (Å²) in [5.74, 6) is 0.101. The summed E-state index contributed by atoms with van der Waals surface area (Å²) in [5.41, 5.74) is 1.93. The average Bonchev–Trinajstić information content (AvgIpc) is 2.30. The molecule has 17 heavy (non-hydrogen) atoms. The number of halogens is 1. The van der Waals surface area contributed by atoms with Crippen molar-refractivity contribution in [2.24, 2.45) is 0 Å². The van der Waals surface area contributed by atoms with Crippen molar-refractivity contribution < 1.29 is 9.50 Å². The standard InChI is InChI=1S/C15H15FO/c1-10(2)11-7-8-12(14(16)9-11)13-5-3-4-6-15(13)17/h3-10,17H,1-2H3. The molecule has 0 fully saturated rings. The van der Waals surface area contributed by atoms with Crippen LogP contribution in [0.4, 0.5) is 4.39 Å². The third kappa shape index (κ3) is 2.31. The van der Waals surface area contributed by atoms with E-state index in [-0.39, 0.29) is 11.6 Å². The molecule has 0 saturated carbocycles. The molecule has 0 bridgehead atoms. The maximum absolute atomic E-state index is 14.0. The number of phenols is 1. The third-order valence-electron chi connectivity index (χ3n) is 2.85. The number of aromatic hydroxyl groups is 1. The lowest BCUT2D eigenvalue weighted by atomic mass is 9.98. The molecule has 1 N–H and O–H groups in total. The summed E-state index contributed by atoms with van der Waals surface area (Å²) in [6, 6.07) is 11.9. The van der Waals surface area contributed by atoms with E-state index < -0.39 is 0 Å². The predicted octanol–water partition coefficient (Wildman–Crippen LogP) is 4.32. The quantitative estimate of drug-likeness (QED) is 0.814. The van der Waals surface area contributed by atoms with Crippen LogP contribution in [-0.2, 0) is 0 Å². The van der Waals surface area contributed by atoms with Crippen LogP contribution in [0.3, 0.4) is 0 Å². The highest BCUT2D eigenvalue weighted by molar-refractivity contribution is 5.70. The fourth-order valence-corrected chi connectivity index (χ4v) is 1.81. The zero-order valence-corrected chi connectivity index (χ0v) is 9.94. The Kier molecular flexibility index (Phi) is 3.14. The second kappa shape index (κ2) is 4.58. The Morgan fingerprint density at radius 3 is 2.29 bits per heavy atom. The van der Waals surface area contributed by atoms with Gasteiger partial charge in [0, 0.05) is 11.1 Å². The highest BCUT2D eigenvalue weighted by Gasteiger charge is 2.10. The molecule has 0 unspecified atom stereocenters. The van der Waals surface area contributed by atoms with Crippen LogP contribution in [0.15, 0.2) is 42.5 Å². The second-order valence-electron chi connectivity index (χ2n) is 4.41. The molecule has 2 aromatic rings. The molecule has 0 radical (unpaired) electrons. The normalized spacial score (nSPS) is 10.8. The van der Waals surface area contributed by atoms with Gasteiger partial charge in [-0.3, -0.25) is 0 Å². The van der Waals surface area contributed by atoms with E-state index >= 15 is 0 Å². The van der Waals surface area contributed by atoms with Crippen molar-refractivity contribution in [1.29, 1.82) is 0 Å². The van der Waals surface area contributed by atoms with E-state index in [1.165, 1.54) is 6.07 Å². The van der Waals surface area contributed by atoms with Gasteiger partial charge in [-0.15, -0.1) is 0 Å². The van der Waals surface area contributed by atoms with E-state index in [9.17, 15) is 9.50 Å². The number of para-hydroxylation sites is 1. The number of phenolic OH excluding ortho intramolecular Hbond substituents is 1. The van der Waals surface area contributed by atoms with Crippen LogP contribution in [0, 0.1) is 5.82 Å². The van der Waals surface area contributed by atoms with E-state index in [0.29, 0.717) is 17.0 Å². The van der Waals surface area contributed by atoms with Gasteiger partial charge in [-0.1, -0.05) is 44.2 Å². The van der Waals surface area contributed by atoms with Crippen molar-refractivity contribution in [1.82, 2.24) is 0 Å². The summed E-state index contributed by atoms with van der Waals surface area (Å²) in [5, 5.41) is 9.70. The van der Waals surface area contributed by atoms with Gasteiger partial charge in [0.25, 0.3) is 0 Å². The van der Waals surface area contributed by atoms with Crippen molar-refractivity contribution in [2.75, 3.05) is 0 Å². The third-order valence-corrected chi connectivity index (χ3v) is 2.85. The van der Waals surface area contributed by atoms with E-state index in [1.54, 1.807) is 30.3 Å². The van der Waals surface area contributed by atoms with Gasteiger partial charge in [0.15, 0.2) is 0 Å². The highest BCUT2D eigenvalue weighted by atomic mass is 19.1. The molecule has 1 nitrogen and oxygen atoms in total. The van der Waals surface area contributed by atoms with Gasteiger partial charge in [0.1, 0.15) is 11.6 Å². The first-order valence-electron chi connectivity index (χ1n) is 5.67. The molecular formula is C15H15FO. The molecule has 0 aliphatic carbocycles. The summed E-state index contributed by atoms with van der Waals surface area (Å²) in [6.07, 6.45) is 0. The fraction of sp³-hybridized carbons (Fsp3) is 0.200. The minimum atomic E-state index is -0.294. The zero-order valence-electron chi connectivity index (χ0n) is 9.94. The van der Waals surface area contributed by atoms with Crippen LogP contribution in [-0.4, -0.2) is 5.11 Å². The lowest BCUT2D eigenvalue weighted by Gasteiger charge is -2.09. The molecule has 0 heterocycles. The van der Waals surface area contributed by atoms with E-state index in [2.05, 4.69) is 0 Å². The average molecular weight is 230 g/mol. The summed E-state index contributed by atoms with van der Waals surface area (Å²) < 4.78 is 14.0. The molecule has 2 rings (SSSR count). The van der Waals surface area contributed by atoms with Crippen LogP contribution < -0.4 is 0 Å². The van der Waals surface area contributed by atoms with Crippen LogP contribution in [0.1, 0.15) is 25.3 Å². The molecule has 0 amide bonds. The highest BCUT2D eigenvalue weighted by Crippen LogP contribution is 2.31.